The Morgan fingerprint density at radius 3 is 2.73 bits per heavy atom. The van der Waals surface area contributed by atoms with Gasteiger partial charge in [0.05, 0.1) is 5.69 Å². The first-order valence-electron chi connectivity index (χ1n) is 5.03. The minimum atomic E-state index is 0.573. The lowest BCUT2D eigenvalue weighted by molar-refractivity contribution is 1.02. The zero-order valence-electron chi connectivity index (χ0n) is 9.04. The Morgan fingerprint density at radius 1 is 1.33 bits per heavy atom. The topological polar surface area (TPSA) is 54.7 Å². The number of aromatic nitrogens is 2. The van der Waals surface area contributed by atoms with E-state index in [1.165, 1.54) is 11.1 Å². The fraction of sp³-hybridized carbons (Fsp3) is 0.250. The highest BCUT2D eigenvalue weighted by molar-refractivity contribution is 5.68. The van der Waals surface area contributed by atoms with Gasteiger partial charge in [0.15, 0.2) is 0 Å². The van der Waals surface area contributed by atoms with Crippen molar-refractivity contribution in [3.05, 3.63) is 41.2 Å². The summed E-state index contributed by atoms with van der Waals surface area (Å²) in [6.07, 6.45) is 0. The first-order valence-corrected chi connectivity index (χ1v) is 5.03. The molecule has 3 nitrogen and oxygen atoms in total. The summed E-state index contributed by atoms with van der Waals surface area (Å²) >= 11 is 0. The molecule has 1 aromatic heterocycles. The molecule has 0 saturated carbocycles. The van der Waals surface area contributed by atoms with Crippen molar-refractivity contribution in [2.45, 2.75) is 20.4 Å². The molecule has 0 unspecified atom stereocenters. The molecule has 0 aliphatic carbocycles. The SMILES string of the molecule is Cc1n[nH]c(C)c1-c1cccc(CN)c1. The molecule has 0 aliphatic heterocycles. The molecule has 3 heteroatoms. The number of nitrogens with zero attached hydrogens (tertiary/aromatic N) is 1. The fourth-order valence-corrected chi connectivity index (χ4v) is 1.83. The van der Waals surface area contributed by atoms with Crippen molar-refractivity contribution < 1.29 is 0 Å². The van der Waals surface area contributed by atoms with Crippen LogP contribution in [0.3, 0.4) is 0 Å². The minimum absolute atomic E-state index is 0.573. The summed E-state index contributed by atoms with van der Waals surface area (Å²) in [7, 11) is 0. The van der Waals surface area contributed by atoms with E-state index in [4.69, 9.17) is 5.73 Å². The quantitative estimate of drug-likeness (QED) is 0.782. The Balaban J connectivity index is 2.53. The van der Waals surface area contributed by atoms with Gasteiger partial charge in [0.25, 0.3) is 0 Å². The molecule has 78 valence electrons. The molecule has 0 radical (unpaired) electrons. The molecule has 1 aromatic carbocycles. The third kappa shape index (κ3) is 1.78. The van der Waals surface area contributed by atoms with Gasteiger partial charge in [-0.05, 0) is 31.0 Å². The summed E-state index contributed by atoms with van der Waals surface area (Å²) in [4.78, 5) is 0. The van der Waals surface area contributed by atoms with Crippen LogP contribution >= 0.6 is 0 Å². The van der Waals surface area contributed by atoms with Crippen LogP contribution in [0.2, 0.25) is 0 Å². The number of nitrogens with one attached hydrogen (secondary N) is 1. The second-order valence-corrected chi connectivity index (χ2v) is 3.71. The standard InChI is InChI=1S/C12H15N3/c1-8-12(9(2)15-14-8)11-5-3-4-10(6-11)7-13/h3-6H,7,13H2,1-2H3,(H,14,15). The second-order valence-electron chi connectivity index (χ2n) is 3.71. The van der Waals surface area contributed by atoms with E-state index in [1.54, 1.807) is 0 Å². The van der Waals surface area contributed by atoms with Gasteiger partial charge < -0.3 is 5.73 Å². The molecule has 15 heavy (non-hydrogen) atoms. The number of rotatable bonds is 2. The van der Waals surface area contributed by atoms with Gasteiger partial charge in [0, 0.05) is 17.8 Å². The molecular formula is C12H15N3. The number of hydrogen-bond donors (Lipinski definition) is 2. The van der Waals surface area contributed by atoms with Crippen molar-refractivity contribution in [2.24, 2.45) is 5.73 Å². The van der Waals surface area contributed by atoms with Crippen LogP contribution in [0.25, 0.3) is 11.1 Å². The van der Waals surface area contributed by atoms with Gasteiger partial charge in [-0.3, -0.25) is 5.10 Å². The fourth-order valence-electron chi connectivity index (χ4n) is 1.83. The third-order valence-electron chi connectivity index (χ3n) is 2.58. The molecule has 0 saturated heterocycles. The monoisotopic (exact) mass is 201 g/mol. The summed E-state index contributed by atoms with van der Waals surface area (Å²) in [6.45, 7) is 4.61. The zero-order valence-corrected chi connectivity index (χ0v) is 9.04. The van der Waals surface area contributed by atoms with Gasteiger partial charge in [-0.15, -0.1) is 0 Å². The van der Waals surface area contributed by atoms with Crippen molar-refractivity contribution >= 4 is 0 Å². The smallest absolute Gasteiger partial charge is 0.0672 e. The van der Waals surface area contributed by atoms with E-state index in [2.05, 4.69) is 22.3 Å². The number of H-pyrrole nitrogens is 1. The van der Waals surface area contributed by atoms with E-state index in [0.717, 1.165) is 17.0 Å². The van der Waals surface area contributed by atoms with Gasteiger partial charge in [-0.25, -0.2) is 0 Å². The molecule has 2 aromatic rings. The number of benzene rings is 1. The van der Waals surface area contributed by atoms with E-state index < -0.39 is 0 Å². The largest absolute Gasteiger partial charge is 0.326 e. The molecule has 0 aliphatic rings. The Kier molecular flexibility index (Phi) is 2.56. The first-order chi connectivity index (χ1) is 7.22. The van der Waals surface area contributed by atoms with Crippen molar-refractivity contribution in [3.63, 3.8) is 0 Å². The lowest BCUT2D eigenvalue weighted by atomic mass is 10.0. The molecule has 0 amide bonds. The van der Waals surface area contributed by atoms with Gasteiger partial charge in [-0.1, -0.05) is 18.2 Å². The summed E-state index contributed by atoms with van der Waals surface area (Å²) < 4.78 is 0. The van der Waals surface area contributed by atoms with E-state index in [1.807, 2.05) is 26.0 Å². The van der Waals surface area contributed by atoms with Crippen molar-refractivity contribution in [1.82, 2.24) is 10.2 Å². The van der Waals surface area contributed by atoms with Crippen LogP contribution in [0.5, 0.6) is 0 Å². The molecular weight excluding hydrogens is 186 g/mol. The van der Waals surface area contributed by atoms with Gasteiger partial charge in [-0.2, -0.15) is 5.10 Å². The van der Waals surface area contributed by atoms with Gasteiger partial charge in [0.1, 0.15) is 0 Å². The molecule has 2 rings (SSSR count). The van der Waals surface area contributed by atoms with E-state index >= 15 is 0 Å². The second kappa shape index (κ2) is 3.87. The van der Waals surface area contributed by atoms with Crippen LogP contribution in [-0.2, 0) is 6.54 Å². The van der Waals surface area contributed by atoms with Crippen LogP contribution < -0.4 is 5.73 Å². The van der Waals surface area contributed by atoms with Crippen LogP contribution in [0.4, 0.5) is 0 Å². The highest BCUT2D eigenvalue weighted by Crippen LogP contribution is 2.25. The average Bonchev–Trinajstić information content (AvgIpc) is 2.59. The normalized spacial score (nSPS) is 10.6. The summed E-state index contributed by atoms with van der Waals surface area (Å²) in [5.74, 6) is 0. The van der Waals surface area contributed by atoms with Gasteiger partial charge in [0.2, 0.25) is 0 Å². The lowest BCUT2D eigenvalue weighted by Crippen LogP contribution is -1.96. The number of nitrogens with two attached hydrogens (primary N) is 1. The molecule has 0 fully saturated rings. The molecule has 0 bridgehead atoms. The highest BCUT2D eigenvalue weighted by Gasteiger charge is 2.08. The number of hydrogen-bond acceptors (Lipinski definition) is 2. The van der Waals surface area contributed by atoms with Crippen molar-refractivity contribution in [1.29, 1.82) is 0 Å². The summed E-state index contributed by atoms with van der Waals surface area (Å²) in [6, 6.07) is 8.27. The van der Waals surface area contributed by atoms with Crippen LogP contribution in [-0.4, -0.2) is 10.2 Å². The lowest BCUT2D eigenvalue weighted by Gasteiger charge is -2.03. The first kappa shape index (κ1) is 9.93. The van der Waals surface area contributed by atoms with E-state index in [-0.39, 0.29) is 0 Å². The molecule has 0 atom stereocenters. The maximum absolute atomic E-state index is 5.62. The van der Waals surface area contributed by atoms with Gasteiger partial charge >= 0.3 is 0 Å². The molecule has 3 N–H and O–H groups in total. The Hall–Kier alpha value is -1.61. The number of aryl methyl sites for hydroxylation is 2. The average molecular weight is 201 g/mol. The predicted octanol–water partition coefficient (Wildman–Crippen LogP) is 2.15. The summed E-state index contributed by atoms with van der Waals surface area (Å²) in [5.41, 5.74) is 11.3. The minimum Gasteiger partial charge on any atom is -0.326 e. The Labute approximate surface area is 89.3 Å². The third-order valence-corrected chi connectivity index (χ3v) is 2.58. The van der Waals surface area contributed by atoms with E-state index in [0.29, 0.717) is 6.54 Å². The molecule has 0 spiro atoms. The predicted molar refractivity (Wildman–Crippen MR) is 61.4 cm³/mol. The Morgan fingerprint density at radius 2 is 2.13 bits per heavy atom. The maximum Gasteiger partial charge on any atom is 0.0672 e. The van der Waals surface area contributed by atoms with Crippen molar-refractivity contribution in [2.75, 3.05) is 0 Å². The number of aromatic amines is 1. The highest BCUT2D eigenvalue weighted by atomic mass is 15.1. The zero-order chi connectivity index (χ0) is 10.8. The van der Waals surface area contributed by atoms with Crippen LogP contribution in [0.15, 0.2) is 24.3 Å². The Bertz CT molecular complexity index is 452. The maximum atomic E-state index is 5.62. The molecule has 1 heterocycles. The van der Waals surface area contributed by atoms with E-state index in [9.17, 15) is 0 Å². The van der Waals surface area contributed by atoms with Crippen LogP contribution in [0.1, 0.15) is 17.0 Å². The van der Waals surface area contributed by atoms with Crippen LogP contribution in [0, 0.1) is 13.8 Å². The van der Waals surface area contributed by atoms with Crippen molar-refractivity contribution in [3.8, 4) is 11.1 Å². The summed E-state index contributed by atoms with van der Waals surface area (Å²) in [5, 5.41) is 7.18.